The van der Waals surface area contributed by atoms with E-state index in [0.29, 0.717) is 23.8 Å². The summed E-state index contributed by atoms with van der Waals surface area (Å²) in [6, 6.07) is 2.68. The van der Waals surface area contributed by atoms with Crippen molar-refractivity contribution in [2.24, 2.45) is 17.8 Å². The first-order valence-corrected chi connectivity index (χ1v) is 7.40. The highest BCUT2D eigenvalue weighted by molar-refractivity contribution is 5.95. The number of aromatic amines is 1. The van der Waals surface area contributed by atoms with Crippen molar-refractivity contribution >= 4 is 11.8 Å². The van der Waals surface area contributed by atoms with Gasteiger partial charge in [0.05, 0.1) is 5.56 Å². The number of carbonyl (C=O) groups excluding carboxylic acids is 2. The lowest BCUT2D eigenvalue weighted by molar-refractivity contribution is -0.123. The van der Waals surface area contributed by atoms with Gasteiger partial charge in [0.2, 0.25) is 11.5 Å². The molecule has 1 aromatic rings. The first-order valence-electron chi connectivity index (χ1n) is 7.40. The van der Waals surface area contributed by atoms with Gasteiger partial charge in [0.25, 0.3) is 5.91 Å². The number of nitrogens with one attached hydrogen (secondary N) is 3. The standard InChI is InChI=1S/C15H19N3O3/c19-13-4-3-11(8-16-13)15(21)18-17-14(20)7-12-6-9-1-2-10(12)5-9/h3-4,8-10,12H,1-2,5-7H2,(H,16,19)(H,17,20)(H,18,21). The van der Waals surface area contributed by atoms with Crippen LogP contribution in [0.1, 0.15) is 42.5 Å². The van der Waals surface area contributed by atoms with Gasteiger partial charge < -0.3 is 4.98 Å². The number of H-pyrrole nitrogens is 1. The van der Waals surface area contributed by atoms with E-state index in [1.165, 1.54) is 37.6 Å². The third kappa shape index (κ3) is 3.15. The fourth-order valence-corrected chi connectivity index (χ4v) is 3.67. The maximum Gasteiger partial charge on any atom is 0.271 e. The lowest BCUT2D eigenvalue weighted by atomic mass is 9.86. The smallest absolute Gasteiger partial charge is 0.271 e. The van der Waals surface area contributed by atoms with Crippen molar-refractivity contribution in [1.82, 2.24) is 15.8 Å². The van der Waals surface area contributed by atoms with Crippen LogP contribution in [0.2, 0.25) is 0 Å². The summed E-state index contributed by atoms with van der Waals surface area (Å²) in [5.74, 6) is 1.38. The van der Waals surface area contributed by atoms with Crippen LogP contribution in [-0.4, -0.2) is 16.8 Å². The lowest BCUT2D eigenvalue weighted by Crippen LogP contribution is -2.42. The Morgan fingerprint density at radius 2 is 2.05 bits per heavy atom. The summed E-state index contributed by atoms with van der Waals surface area (Å²) < 4.78 is 0. The average Bonchev–Trinajstić information content (AvgIpc) is 3.08. The Kier molecular flexibility index (Phi) is 3.77. The molecule has 0 aromatic carbocycles. The van der Waals surface area contributed by atoms with Crippen molar-refractivity contribution in [1.29, 1.82) is 0 Å². The van der Waals surface area contributed by atoms with Crippen molar-refractivity contribution in [3.63, 3.8) is 0 Å². The summed E-state index contributed by atoms with van der Waals surface area (Å²) in [6.45, 7) is 0. The van der Waals surface area contributed by atoms with Crippen LogP contribution in [0.5, 0.6) is 0 Å². The molecule has 1 aromatic heterocycles. The van der Waals surface area contributed by atoms with Gasteiger partial charge in [-0.2, -0.15) is 0 Å². The second-order valence-electron chi connectivity index (χ2n) is 6.08. The van der Waals surface area contributed by atoms with Crippen molar-refractivity contribution in [3.8, 4) is 0 Å². The summed E-state index contributed by atoms with van der Waals surface area (Å²) in [5, 5.41) is 0. The molecule has 3 rings (SSSR count). The Labute approximate surface area is 122 Å². The number of hydrogen-bond acceptors (Lipinski definition) is 3. The molecule has 3 atom stereocenters. The maximum atomic E-state index is 11.9. The van der Waals surface area contributed by atoms with E-state index in [9.17, 15) is 14.4 Å². The molecule has 2 fully saturated rings. The summed E-state index contributed by atoms with van der Waals surface area (Å²) in [6.07, 6.45) is 6.76. The van der Waals surface area contributed by atoms with Crippen molar-refractivity contribution in [3.05, 3.63) is 34.2 Å². The minimum Gasteiger partial charge on any atom is -0.328 e. The van der Waals surface area contributed by atoms with Gasteiger partial charge in [-0.15, -0.1) is 0 Å². The molecule has 2 aliphatic rings. The Morgan fingerprint density at radius 1 is 1.19 bits per heavy atom. The van der Waals surface area contributed by atoms with Crippen molar-refractivity contribution < 1.29 is 9.59 Å². The van der Waals surface area contributed by atoms with Gasteiger partial charge in [0.1, 0.15) is 0 Å². The topological polar surface area (TPSA) is 91.1 Å². The van der Waals surface area contributed by atoms with Crippen LogP contribution >= 0.6 is 0 Å². The molecule has 112 valence electrons. The first-order chi connectivity index (χ1) is 10.1. The summed E-state index contributed by atoms with van der Waals surface area (Å²) in [5.41, 5.74) is 4.86. The molecule has 0 aliphatic heterocycles. The molecule has 2 aliphatic carbocycles. The molecule has 2 bridgehead atoms. The van der Waals surface area contributed by atoms with Gasteiger partial charge in [0, 0.05) is 18.7 Å². The van der Waals surface area contributed by atoms with E-state index in [1.54, 1.807) is 0 Å². The van der Waals surface area contributed by atoms with Crippen LogP contribution in [0, 0.1) is 17.8 Å². The highest BCUT2D eigenvalue weighted by atomic mass is 16.2. The fraction of sp³-hybridized carbons (Fsp3) is 0.533. The predicted molar refractivity (Wildman–Crippen MR) is 76.2 cm³/mol. The zero-order valence-corrected chi connectivity index (χ0v) is 11.7. The van der Waals surface area contributed by atoms with Crippen LogP contribution in [0.3, 0.4) is 0 Å². The summed E-state index contributed by atoms with van der Waals surface area (Å²) in [7, 11) is 0. The molecule has 3 unspecified atom stereocenters. The molecule has 0 spiro atoms. The fourth-order valence-electron chi connectivity index (χ4n) is 3.67. The molecule has 0 radical (unpaired) electrons. The molecule has 6 heteroatoms. The van der Waals surface area contributed by atoms with E-state index in [0.717, 1.165) is 12.3 Å². The number of aromatic nitrogens is 1. The van der Waals surface area contributed by atoms with Crippen molar-refractivity contribution in [2.45, 2.75) is 32.1 Å². The zero-order valence-electron chi connectivity index (χ0n) is 11.7. The average molecular weight is 289 g/mol. The molecule has 21 heavy (non-hydrogen) atoms. The minimum absolute atomic E-state index is 0.148. The molecule has 2 amide bonds. The van der Waals surface area contributed by atoms with Gasteiger partial charge in [-0.1, -0.05) is 6.42 Å². The highest BCUT2D eigenvalue weighted by Gasteiger charge is 2.40. The minimum atomic E-state index is -0.437. The van der Waals surface area contributed by atoms with Gasteiger partial charge >= 0.3 is 0 Å². The van der Waals surface area contributed by atoms with E-state index in [1.807, 2.05) is 0 Å². The number of rotatable bonds is 3. The van der Waals surface area contributed by atoms with E-state index < -0.39 is 5.91 Å². The number of hydrazine groups is 1. The number of pyridine rings is 1. The molecular weight excluding hydrogens is 270 g/mol. The number of carbonyl (C=O) groups is 2. The second kappa shape index (κ2) is 5.71. The Balaban J connectivity index is 1.46. The SMILES string of the molecule is O=C(CC1CC2CCC1C2)NNC(=O)c1ccc(=O)[nH]c1. The van der Waals surface area contributed by atoms with E-state index in [4.69, 9.17) is 0 Å². The van der Waals surface area contributed by atoms with Gasteiger partial charge in [-0.25, -0.2) is 0 Å². The third-order valence-corrected chi connectivity index (χ3v) is 4.69. The Hall–Kier alpha value is -2.11. The normalized spacial score (nSPS) is 26.6. The van der Waals surface area contributed by atoms with Crippen LogP contribution in [-0.2, 0) is 4.79 Å². The molecule has 3 N–H and O–H groups in total. The molecule has 0 saturated heterocycles. The van der Waals surface area contributed by atoms with E-state index >= 15 is 0 Å². The van der Waals surface area contributed by atoms with E-state index in [-0.39, 0.29) is 11.5 Å². The summed E-state index contributed by atoms with van der Waals surface area (Å²) >= 11 is 0. The van der Waals surface area contributed by atoms with Crippen LogP contribution in [0.25, 0.3) is 0 Å². The summed E-state index contributed by atoms with van der Waals surface area (Å²) in [4.78, 5) is 37.0. The van der Waals surface area contributed by atoms with Gasteiger partial charge in [-0.3, -0.25) is 25.2 Å². The van der Waals surface area contributed by atoms with Crippen LogP contribution < -0.4 is 16.4 Å². The number of fused-ring (bicyclic) bond motifs is 2. The quantitative estimate of drug-likeness (QED) is 0.724. The number of amides is 2. The number of hydrogen-bond donors (Lipinski definition) is 3. The highest BCUT2D eigenvalue weighted by Crippen LogP contribution is 2.49. The van der Waals surface area contributed by atoms with Crippen molar-refractivity contribution in [2.75, 3.05) is 0 Å². The van der Waals surface area contributed by atoms with Crippen LogP contribution in [0.4, 0.5) is 0 Å². The molecule has 1 heterocycles. The largest absolute Gasteiger partial charge is 0.328 e. The first kappa shape index (κ1) is 13.9. The molecular formula is C15H19N3O3. The maximum absolute atomic E-state index is 11.9. The molecule has 2 saturated carbocycles. The van der Waals surface area contributed by atoms with Gasteiger partial charge in [-0.05, 0) is 43.1 Å². The van der Waals surface area contributed by atoms with E-state index in [2.05, 4.69) is 15.8 Å². The Morgan fingerprint density at radius 3 is 2.67 bits per heavy atom. The second-order valence-corrected chi connectivity index (χ2v) is 6.08. The Bertz CT molecular complexity index is 590. The van der Waals surface area contributed by atoms with Gasteiger partial charge in [0.15, 0.2) is 0 Å². The third-order valence-electron chi connectivity index (χ3n) is 4.69. The predicted octanol–water partition coefficient (Wildman–Crippen LogP) is 0.962. The monoisotopic (exact) mass is 289 g/mol. The zero-order chi connectivity index (χ0) is 14.8. The lowest BCUT2D eigenvalue weighted by Gasteiger charge is -2.20. The van der Waals surface area contributed by atoms with Crippen LogP contribution in [0.15, 0.2) is 23.1 Å². The molecule has 6 nitrogen and oxygen atoms in total.